The Hall–Kier alpha value is -2.41. The highest BCUT2D eigenvalue weighted by Gasteiger charge is 2.22. The zero-order valence-corrected chi connectivity index (χ0v) is 17.7. The van der Waals surface area contributed by atoms with Gasteiger partial charge in [0.2, 0.25) is 0 Å². The number of halogens is 1. The van der Waals surface area contributed by atoms with Crippen LogP contribution in [0.25, 0.3) is 11.4 Å². The second-order valence-corrected chi connectivity index (χ2v) is 8.07. The molecule has 6 nitrogen and oxygen atoms in total. The molecule has 0 radical (unpaired) electrons. The SMILES string of the molecule is COc1ccc(-c2nc(COCc3ccccc3)n(CC(C)(C)CO)n2)cc1Cl. The van der Waals surface area contributed by atoms with Crippen LogP contribution >= 0.6 is 11.6 Å². The van der Waals surface area contributed by atoms with E-state index < -0.39 is 0 Å². The third-order valence-electron chi connectivity index (χ3n) is 4.51. The van der Waals surface area contributed by atoms with Gasteiger partial charge >= 0.3 is 0 Å². The Kier molecular flexibility index (Phi) is 6.90. The fourth-order valence-electron chi connectivity index (χ4n) is 2.83. The van der Waals surface area contributed by atoms with E-state index in [0.29, 0.717) is 42.2 Å². The summed E-state index contributed by atoms with van der Waals surface area (Å²) in [6.45, 7) is 5.32. The van der Waals surface area contributed by atoms with Crippen LogP contribution in [0.3, 0.4) is 0 Å². The van der Waals surface area contributed by atoms with Crippen molar-refractivity contribution in [3.05, 3.63) is 64.9 Å². The van der Waals surface area contributed by atoms with Gasteiger partial charge < -0.3 is 14.6 Å². The minimum atomic E-state index is -0.337. The van der Waals surface area contributed by atoms with Gasteiger partial charge in [-0.05, 0) is 23.8 Å². The van der Waals surface area contributed by atoms with Gasteiger partial charge in [-0.1, -0.05) is 55.8 Å². The van der Waals surface area contributed by atoms with E-state index in [4.69, 9.17) is 21.1 Å². The second-order valence-electron chi connectivity index (χ2n) is 7.66. The van der Waals surface area contributed by atoms with Crippen LogP contribution in [-0.2, 0) is 24.5 Å². The fraction of sp³-hybridized carbons (Fsp3) is 0.364. The fourth-order valence-corrected chi connectivity index (χ4v) is 3.08. The van der Waals surface area contributed by atoms with Gasteiger partial charge in [0.25, 0.3) is 0 Å². The number of benzene rings is 2. The first-order chi connectivity index (χ1) is 13.9. The first kappa shape index (κ1) is 21.3. The summed E-state index contributed by atoms with van der Waals surface area (Å²) in [5.74, 6) is 1.86. The Morgan fingerprint density at radius 2 is 1.86 bits per heavy atom. The Morgan fingerprint density at radius 3 is 2.52 bits per heavy atom. The van der Waals surface area contributed by atoms with Gasteiger partial charge in [0.05, 0.1) is 25.3 Å². The molecule has 0 atom stereocenters. The van der Waals surface area contributed by atoms with Gasteiger partial charge in [-0.3, -0.25) is 0 Å². The third-order valence-corrected chi connectivity index (χ3v) is 4.80. The van der Waals surface area contributed by atoms with E-state index in [2.05, 4.69) is 10.1 Å². The van der Waals surface area contributed by atoms with Crippen LogP contribution in [-0.4, -0.2) is 33.6 Å². The first-order valence-electron chi connectivity index (χ1n) is 9.42. The van der Waals surface area contributed by atoms with Crippen LogP contribution in [0.1, 0.15) is 25.2 Å². The minimum absolute atomic E-state index is 0.0425. The molecule has 0 aliphatic heterocycles. The highest BCUT2D eigenvalue weighted by Crippen LogP contribution is 2.29. The average molecular weight is 416 g/mol. The van der Waals surface area contributed by atoms with Crippen molar-refractivity contribution >= 4 is 11.6 Å². The maximum absolute atomic E-state index is 9.66. The maximum atomic E-state index is 9.66. The third kappa shape index (κ3) is 5.56. The number of aliphatic hydroxyl groups is 1. The smallest absolute Gasteiger partial charge is 0.181 e. The molecule has 29 heavy (non-hydrogen) atoms. The predicted octanol–water partition coefficient (Wildman–Crippen LogP) is 4.34. The van der Waals surface area contributed by atoms with Gasteiger partial charge in [0.1, 0.15) is 12.4 Å². The van der Waals surface area contributed by atoms with Crippen LogP contribution in [0.15, 0.2) is 48.5 Å². The summed E-state index contributed by atoms with van der Waals surface area (Å²) in [7, 11) is 1.58. The van der Waals surface area contributed by atoms with E-state index >= 15 is 0 Å². The molecular formula is C22H26ClN3O3. The monoisotopic (exact) mass is 415 g/mol. The predicted molar refractivity (Wildman–Crippen MR) is 113 cm³/mol. The molecule has 154 valence electrons. The van der Waals surface area contributed by atoms with Crippen molar-refractivity contribution < 1.29 is 14.6 Å². The molecule has 0 aliphatic carbocycles. The maximum Gasteiger partial charge on any atom is 0.181 e. The number of rotatable bonds is 9. The molecule has 0 saturated heterocycles. The molecule has 1 heterocycles. The number of aliphatic hydroxyl groups excluding tert-OH is 1. The lowest BCUT2D eigenvalue weighted by atomic mass is 9.95. The van der Waals surface area contributed by atoms with E-state index in [-0.39, 0.29) is 12.0 Å². The molecule has 0 fully saturated rings. The van der Waals surface area contributed by atoms with E-state index in [1.807, 2.05) is 50.2 Å². The molecular weight excluding hydrogens is 390 g/mol. The van der Waals surface area contributed by atoms with Crippen molar-refractivity contribution in [1.82, 2.24) is 14.8 Å². The van der Waals surface area contributed by atoms with Crippen molar-refractivity contribution in [3.8, 4) is 17.1 Å². The van der Waals surface area contributed by atoms with Crippen molar-refractivity contribution in [2.75, 3.05) is 13.7 Å². The van der Waals surface area contributed by atoms with E-state index in [9.17, 15) is 5.11 Å². The molecule has 0 bridgehead atoms. The molecule has 1 aromatic heterocycles. The minimum Gasteiger partial charge on any atom is -0.495 e. The van der Waals surface area contributed by atoms with Crippen molar-refractivity contribution in [2.45, 2.75) is 33.6 Å². The first-order valence-corrected chi connectivity index (χ1v) is 9.80. The zero-order chi connectivity index (χ0) is 20.9. The number of aromatic nitrogens is 3. The van der Waals surface area contributed by atoms with Gasteiger partial charge in [0.15, 0.2) is 11.6 Å². The van der Waals surface area contributed by atoms with E-state index in [1.54, 1.807) is 23.9 Å². The number of ether oxygens (including phenoxy) is 2. The molecule has 0 amide bonds. The number of hydrogen-bond acceptors (Lipinski definition) is 5. The lowest BCUT2D eigenvalue weighted by Crippen LogP contribution is -2.25. The number of nitrogens with zero attached hydrogens (tertiary/aromatic N) is 3. The largest absolute Gasteiger partial charge is 0.495 e. The van der Waals surface area contributed by atoms with Crippen molar-refractivity contribution in [1.29, 1.82) is 0 Å². The normalized spacial score (nSPS) is 11.6. The highest BCUT2D eigenvalue weighted by molar-refractivity contribution is 6.32. The summed E-state index contributed by atoms with van der Waals surface area (Å²) in [4.78, 5) is 4.67. The summed E-state index contributed by atoms with van der Waals surface area (Å²) >= 11 is 6.26. The molecule has 2 aromatic carbocycles. The molecule has 0 saturated carbocycles. The summed E-state index contributed by atoms with van der Waals surface area (Å²) in [6, 6.07) is 15.4. The van der Waals surface area contributed by atoms with Gasteiger partial charge in [-0.15, -0.1) is 0 Å². The summed E-state index contributed by atoms with van der Waals surface area (Å²) < 4.78 is 12.9. The lowest BCUT2D eigenvalue weighted by Gasteiger charge is -2.22. The van der Waals surface area contributed by atoms with Crippen LogP contribution in [0.5, 0.6) is 5.75 Å². The average Bonchev–Trinajstić information content (AvgIpc) is 3.10. The van der Waals surface area contributed by atoms with Crippen molar-refractivity contribution in [3.63, 3.8) is 0 Å². The van der Waals surface area contributed by atoms with E-state index in [0.717, 1.165) is 11.1 Å². The summed E-state index contributed by atoms with van der Waals surface area (Å²) in [5, 5.41) is 14.8. The van der Waals surface area contributed by atoms with Gasteiger partial charge in [-0.2, -0.15) is 5.10 Å². The summed E-state index contributed by atoms with van der Waals surface area (Å²) in [5.41, 5.74) is 1.55. The molecule has 0 aliphatic rings. The second kappa shape index (κ2) is 9.39. The standard InChI is InChI=1S/C22H26ClN3O3/c1-22(2,15-27)14-26-20(13-29-12-16-7-5-4-6-8-16)24-21(25-26)17-9-10-19(28-3)18(23)11-17/h4-11,27H,12-15H2,1-3H3. The Bertz CT molecular complexity index is 942. The van der Waals surface area contributed by atoms with Crippen LogP contribution in [0, 0.1) is 5.41 Å². The molecule has 3 aromatic rings. The number of methoxy groups -OCH3 is 1. The molecule has 1 N–H and O–H groups in total. The zero-order valence-electron chi connectivity index (χ0n) is 16.9. The van der Waals surface area contributed by atoms with Crippen LogP contribution in [0.4, 0.5) is 0 Å². The Morgan fingerprint density at radius 1 is 1.10 bits per heavy atom. The summed E-state index contributed by atoms with van der Waals surface area (Å²) in [6.07, 6.45) is 0. The van der Waals surface area contributed by atoms with E-state index in [1.165, 1.54) is 0 Å². The Labute approximate surface area is 176 Å². The molecule has 3 rings (SSSR count). The number of hydrogen-bond donors (Lipinski definition) is 1. The molecule has 0 unspecified atom stereocenters. The molecule has 0 spiro atoms. The van der Waals surface area contributed by atoms with Crippen LogP contribution in [0.2, 0.25) is 5.02 Å². The molecule has 7 heteroatoms. The van der Waals surface area contributed by atoms with Gasteiger partial charge in [-0.25, -0.2) is 9.67 Å². The lowest BCUT2D eigenvalue weighted by molar-refractivity contribution is 0.0915. The van der Waals surface area contributed by atoms with Crippen LogP contribution < -0.4 is 4.74 Å². The quantitative estimate of drug-likeness (QED) is 0.562. The van der Waals surface area contributed by atoms with Crippen molar-refractivity contribution in [2.24, 2.45) is 5.41 Å². The Balaban J connectivity index is 1.83. The highest BCUT2D eigenvalue weighted by atomic mass is 35.5. The van der Waals surface area contributed by atoms with Gasteiger partial charge in [0, 0.05) is 17.6 Å². The topological polar surface area (TPSA) is 69.4 Å².